The molecule has 0 unspecified atom stereocenters. The second-order valence-corrected chi connectivity index (χ2v) is 1.82. The fraction of sp³-hybridized carbons (Fsp3) is 0.667. The summed E-state index contributed by atoms with van der Waals surface area (Å²) in [5.74, 6) is 3.23. The zero-order chi connectivity index (χ0) is 4.41. The summed E-state index contributed by atoms with van der Waals surface area (Å²) in [4.78, 5) is 0. The van der Waals surface area contributed by atoms with Crippen molar-refractivity contribution in [3.63, 3.8) is 0 Å². The van der Waals surface area contributed by atoms with Gasteiger partial charge >= 0.3 is 18.9 Å². The SMILES string of the molecule is [C-]#CCC1CC1.[Li+]. The molecule has 0 aliphatic heterocycles. The molecule has 7 heavy (non-hydrogen) atoms. The maximum Gasteiger partial charge on any atom is 1.00 e. The van der Waals surface area contributed by atoms with Gasteiger partial charge in [0.2, 0.25) is 0 Å². The average Bonchev–Trinajstić information content (AvgIpc) is 2.21. The van der Waals surface area contributed by atoms with Gasteiger partial charge in [0.25, 0.3) is 0 Å². The molecule has 1 saturated carbocycles. The first-order chi connectivity index (χ1) is 2.93. The van der Waals surface area contributed by atoms with Gasteiger partial charge in [0.05, 0.1) is 0 Å². The van der Waals surface area contributed by atoms with E-state index in [1.807, 2.05) is 0 Å². The molecule has 0 aromatic carbocycles. The average molecular weight is 86.1 g/mol. The maximum absolute atomic E-state index is 6.52. The van der Waals surface area contributed by atoms with Gasteiger partial charge in [-0.15, -0.1) is 0 Å². The van der Waals surface area contributed by atoms with Crippen LogP contribution in [0.25, 0.3) is 0 Å². The van der Waals surface area contributed by atoms with E-state index < -0.39 is 0 Å². The molecule has 1 aliphatic rings. The third-order valence-corrected chi connectivity index (χ3v) is 1.09. The molecule has 0 radical (unpaired) electrons. The van der Waals surface area contributed by atoms with Crippen LogP contribution in [-0.4, -0.2) is 0 Å². The molecule has 32 valence electrons. The Morgan fingerprint density at radius 3 is 2.29 bits per heavy atom. The van der Waals surface area contributed by atoms with Crippen LogP contribution in [0.5, 0.6) is 0 Å². The van der Waals surface area contributed by atoms with Gasteiger partial charge in [-0.2, -0.15) is 0 Å². The van der Waals surface area contributed by atoms with Crippen LogP contribution in [0.4, 0.5) is 0 Å². The minimum atomic E-state index is 0. The normalized spacial score (nSPS) is 17.0. The van der Waals surface area contributed by atoms with Crippen molar-refractivity contribution in [3.05, 3.63) is 6.42 Å². The minimum absolute atomic E-state index is 0. The fourth-order valence-electron chi connectivity index (χ4n) is 0.466. The van der Waals surface area contributed by atoms with Crippen LogP contribution in [0.15, 0.2) is 0 Å². The first-order valence-corrected chi connectivity index (χ1v) is 2.33. The van der Waals surface area contributed by atoms with E-state index in [0.29, 0.717) is 0 Å². The van der Waals surface area contributed by atoms with Gasteiger partial charge in [0, 0.05) is 0 Å². The molecular formula is C6H7Li. The molecule has 0 bridgehead atoms. The van der Waals surface area contributed by atoms with Crippen LogP contribution in [0, 0.1) is 18.3 Å². The quantitative estimate of drug-likeness (QED) is 0.204. The van der Waals surface area contributed by atoms with Crippen molar-refractivity contribution in [1.29, 1.82) is 0 Å². The molecule has 1 rings (SSSR count). The summed E-state index contributed by atoms with van der Waals surface area (Å²) in [6.45, 7) is 0. The van der Waals surface area contributed by atoms with Gasteiger partial charge < -0.3 is 12.3 Å². The van der Waals surface area contributed by atoms with Crippen LogP contribution in [0.3, 0.4) is 0 Å². The minimum Gasteiger partial charge on any atom is -0.694 e. The van der Waals surface area contributed by atoms with E-state index in [1.165, 1.54) is 12.8 Å². The van der Waals surface area contributed by atoms with Crippen LogP contribution in [0.1, 0.15) is 19.3 Å². The van der Waals surface area contributed by atoms with Crippen molar-refractivity contribution >= 4 is 0 Å². The molecule has 0 heterocycles. The molecule has 0 atom stereocenters. The van der Waals surface area contributed by atoms with Gasteiger partial charge in [-0.05, 0) is 25.2 Å². The van der Waals surface area contributed by atoms with E-state index in [-0.39, 0.29) is 18.9 Å². The molecule has 0 aromatic heterocycles. The summed E-state index contributed by atoms with van der Waals surface area (Å²) < 4.78 is 0. The smallest absolute Gasteiger partial charge is 0.694 e. The Balaban J connectivity index is 0.000000360. The van der Waals surface area contributed by atoms with E-state index in [0.717, 1.165) is 12.3 Å². The van der Waals surface area contributed by atoms with Crippen molar-refractivity contribution in [2.24, 2.45) is 5.92 Å². The van der Waals surface area contributed by atoms with E-state index in [4.69, 9.17) is 6.42 Å². The molecular weight excluding hydrogens is 79.0 g/mol. The Hall–Kier alpha value is 0.157. The summed E-state index contributed by atoms with van der Waals surface area (Å²) in [6, 6.07) is 0. The van der Waals surface area contributed by atoms with Gasteiger partial charge in [0.1, 0.15) is 0 Å². The van der Waals surface area contributed by atoms with Gasteiger partial charge in [0.15, 0.2) is 0 Å². The Labute approximate surface area is 56.9 Å². The first kappa shape index (κ1) is 7.16. The molecule has 0 aromatic rings. The monoisotopic (exact) mass is 86.1 g/mol. The Kier molecular flexibility index (Phi) is 3.27. The van der Waals surface area contributed by atoms with Crippen molar-refractivity contribution in [2.45, 2.75) is 19.3 Å². The number of hydrogen-bond acceptors (Lipinski definition) is 0. The summed E-state index contributed by atoms with van der Waals surface area (Å²) in [6.07, 6.45) is 10.1. The molecule has 0 nitrogen and oxygen atoms in total. The van der Waals surface area contributed by atoms with Crippen LogP contribution < -0.4 is 18.9 Å². The van der Waals surface area contributed by atoms with E-state index in [9.17, 15) is 0 Å². The first-order valence-electron chi connectivity index (χ1n) is 2.33. The molecule has 0 amide bonds. The zero-order valence-corrected chi connectivity index (χ0v) is 4.70. The number of rotatable bonds is 1. The third kappa shape index (κ3) is 2.81. The Morgan fingerprint density at radius 2 is 2.14 bits per heavy atom. The van der Waals surface area contributed by atoms with Gasteiger partial charge in [-0.25, -0.2) is 0 Å². The van der Waals surface area contributed by atoms with Gasteiger partial charge in [-0.3, -0.25) is 0 Å². The zero-order valence-electron chi connectivity index (χ0n) is 4.70. The second-order valence-electron chi connectivity index (χ2n) is 1.82. The summed E-state index contributed by atoms with van der Waals surface area (Å²) in [7, 11) is 0. The third-order valence-electron chi connectivity index (χ3n) is 1.09. The summed E-state index contributed by atoms with van der Waals surface area (Å²) in [5.41, 5.74) is 0. The summed E-state index contributed by atoms with van der Waals surface area (Å²) >= 11 is 0. The van der Waals surface area contributed by atoms with Crippen LogP contribution in [-0.2, 0) is 0 Å². The Bertz CT molecular complexity index is 76.7. The molecule has 0 spiro atoms. The van der Waals surface area contributed by atoms with Crippen molar-refractivity contribution < 1.29 is 18.9 Å². The van der Waals surface area contributed by atoms with Crippen molar-refractivity contribution in [1.82, 2.24) is 0 Å². The topological polar surface area (TPSA) is 0 Å². The predicted molar refractivity (Wildman–Crippen MR) is 24.5 cm³/mol. The molecule has 1 fully saturated rings. The largest absolute Gasteiger partial charge is 1.00 e. The number of hydrogen-bond donors (Lipinski definition) is 0. The van der Waals surface area contributed by atoms with Crippen LogP contribution >= 0.6 is 0 Å². The van der Waals surface area contributed by atoms with E-state index in [1.54, 1.807) is 0 Å². The standard InChI is InChI=1S/C6H7.Li/c1-2-3-6-4-5-6;/h6H,3-5H2;/q-1;+1. The van der Waals surface area contributed by atoms with Crippen LogP contribution in [0.2, 0.25) is 0 Å². The molecule has 1 aliphatic carbocycles. The second kappa shape index (κ2) is 3.20. The van der Waals surface area contributed by atoms with E-state index >= 15 is 0 Å². The Morgan fingerprint density at radius 1 is 1.57 bits per heavy atom. The van der Waals surface area contributed by atoms with Crippen molar-refractivity contribution in [3.8, 4) is 5.92 Å². The van der Waals surface area contributed by atoms with E-state index in [2.05, 4.69) is 5.92 Å². The predicted octanol–water partition coefficient (Wildman–Crippen LogP) is -1.62. The molecule has 0 saturated heterocycles. The summed E-state index contributed by atoms with van der Waals surface area (Å²) in [5, 5.41) is 0. The fourth-order valence-corrected chi connectivity index (χ4v) is 0.466. The maximum atomic E-state index is 6.52. The molecule has 0 N–H and O–H groups in total. The molecule has 1 heteroatoms. The van der Waals surface area contributed by atoms with Crippen molar-refractivity contribution in [2.75, 3.05) is 0 Å². The van der Waals surface area contributed by atoms with Gasteiger partial charge in [-0.1, -0.05) is 0 Å².